The average molecular weight is 359 g/mol. The van der Waals surface area contributed by atoms with Crippen molar-refractivity contribution in [3.8, 4) is 0 Å². The van der Waals surface area contributed by atoms with Gasteiger partial charge in [0.25, 0.3) is 5.69 Å². The van der Waals surface area contributed by atoms with Crippen LogP contribution >= 0.6 is 11.8 Å². The second-order valence-corrected chi connectivity index (χ2v) is 6.88. The molecule has 4 nitrogen and oxygen atoms in total. The number of ketones is 1. The van der Waals surface area contributed by atoms with Gasteiger partial charge in [0, 0.05) is 28.2 Å². The summed E-state index contributed by atoms with van der Waals surface area (Å²) in [5, 5.41) is 10.8. The van der Waals surface area contributed by atoms with Crippen molar-refractivity contribution >= 4 is 28.8 Å². The summed E-state index contributed by atoms with van der Waals surface area (Å²) in [4.78, 5) is 24.8. The lowest BCUT2D eigenvalue weighted by Gasteiger charge is -2.08. The molecule has 0 aromatic heterocycles. The van der Waals surface area contributed by atoms with Gasteiger partial charge >= 0.3 is 0 Å². The van der Waals surface area contributed by atoms with Gasteiger partial charge in [-0.2, -0.15) is 0 Å². The van der Waals surface area contributed by atoms with Crippen LogP contribution in [0.1, 0.15) is 21.5 Å². The monoisotopic (exact) mass is 359 g/mol. The molecular formula is C21H13NO3S. The third-order valence-electron chi connectivity index (χ3n) is 4.20. The van der Waals surface area contributed by atoms with Gasteiger partial charge < -0.3 is 0 Å². The molecule has 0 saturated carbocycles. The normalized spacial score (nSPS) is 13.0. The molecule has 0 bridgehead atoms. The Hall–Kier alpha value is -3.18. The van der Waals surface area contributed by atoms with Crippen molar-refractivity contribution in [2.24, 2.45) is 0 Å². The molecule has 126 valence electrons. The van der Waals surface area contributed by atoms with Gasteiger partial charge in [-0.05, 0) is 23.3 Å². The number of allylic oxidation sites excluding steroid dienone is 1. The molecule has 3 aromatic rings. The van der Waals surface area contributed by atoms with Gasteiger partial charge in [0.1, 0.15) is 0 Å². The van der Waals surface area contributed by atoms with Crippen molar-refractivity contribution in [3.05, 3.63) is 111 Å². The largest absolute Gasteiger partial charge is 0.288 e. The van der Waals surface area contributed by atoms with Crippen molar-refractivity contribution in [2.45, 2.75) is 4.90 Å². The van der Waals surface area contributed by atoms with E-state index < -0.39 is 4.92 Å². The van der Waals surface area contributed by atoms with Crippen LogP contribution < -0.4 is 0 Å². The van der Waals surface area contributed by atoms with Crippen LogP contribution in [0.5, 0.6) is 0 Å². The second-order valence-electron chi connectivity index (χ2n) is 5.80. The predicted octanol–water partition coefficient (Wildman–Crippen LogP) is 5.34. The first-order valence-electron chi connectivity index (χ1n) is 8.01. The van der Waals surface area contributed by atoms with E-state index in [9.17, 15) is 14.9 Å². The summed E-state index contributed by atoms with van der Waals surface area (Å²) in [5.74, 6) is -0.0113. The molecule has 26 heavy (non-hydrogen) atoms. The van der Waals surface area contributed by atoms with Crippen molar-refractivity contribution in [1.29, 1.82) is 0 Å². The predicted molar refractivity (Wildman–Crippen MR) is 102 cm³/mol. The Morgan fingerprint density at radius 1 is 0.769 bits per heavy atom. The summed E-state index contributed by atoms with van der Waals surface area (Å²) in [6.07, 6.45) is 0. The summed E-state index contributed by atoms with van der Waals surface area (Å²) < 4.78 is 0. The summed E-state index contributed by atoms with van der Waals surface area (Å²) in [6, 6.07) is 23.6. The number of nitro groups is 1. The van der Waals surface area contributed by atoms with Crippen LogP contribution in [0.3, 0.4) is 0 Å². The summed E-state index contributed by atoms with van der Waals surface area (Å²) in [5.41, 5.74) is 3.54. The maximum absolute atomic E-state index is 13.0. The zero-order valence-electron chi connectivity index (χ0n) is 13.6. The van der Waals surface area contributed by atoms with E-state index in [1.54, 1.807) is 12.1 Å². The number of benzene rings is 3. The molecule has 5 heteroatoms. The summed E-state index contributed by atoms with van der Waals surface area (Å²) in [6.45, 7) is 0. The highest BCUT2D eigenvalue weighted by Gasteiger charge is 2.30. The lowest BCUT2D eigenvalue weighted by Crippen LogP contribution is -1.95. The zero-order valence-corrected chi connectivity index (χ0v) is 14.4. The third-order valence-corrected chi connectivity index (χ3v) is 5.31. The van der Waals surface area contributed by atoms with E-state index in [4.69, 9.17) is 0 Å². The van der Waals surface area contributed by atoms with E-state index in [1.807, 2.05) is 54.6 Å². The summed E-state index contributed by atoms with van der Waals surface area (Å²) >= 11 is 1.35. The van der Waals surface area contributed by atoms with E-state index >= 15 is 0 Å². The van der Waals surface area contributed by atoms with E-state index in [0.717, 1.165) is 21.6 Å². The Morgan fingerprint density at radius 2 is 1.38 bits per heavy atom. The maximum atomic E-state index is 13.0. The second kappa shape index (κ2) is 6.61. The molecule has 0 spiro atoms. The first-order valence-corrected chi connectivity index (χ1v) is 8.83. The van der Waals surface area contributed by atoms with Gasteiger partial charge in [-0.25, -0.2) is 0 Å². The number of Topliss-reactive ketones (excluding diaryl/α,β-unsaturated/α-hetero) is 1. The molecule has 0 unspecified atom stereocenters. The van der Waals surface area contributed by atoms with Gasteiger partial charge in [0.2, 0.25) is 5.78 Å². The smallest absolute Gasteiger partial charge is 0.269 e. The van der Waals surface area contributed by atoms with Gasteiger partial charge in [0.05, 0.1) is 9.83 Å². The van der Waals surface area contributed by atoms with Crippen LogP contribution in [0.2, 0.25) is 0 Å². The molecule has 0 fully saturated rings. The molecule has 0 atom stereocenters. The van der Waals surface area contributed by atoms with E-state index in [1.165, 1.54) is 23.9 Å². The first kappa shape index (κ1) is 16.3. The number of carbonyl (C=O) groups is 1. The van der Waals surface area contributed by atoms with Gasteiger partial charge in [-0.3, -0.25) is 14.9 Å². The number of nitro benzene ring substituents is 1. The third kappa shape index (κ3) is 2.82. The SMILES string of the molecule is O=C1C(Sc2ccc([N+](=O)[O-])cc2)=C(c2ccccc2)c2ccccc21. The quantitative estimate of drug-likeness (QED) is 0.466. The minimum atomic E-state index is -0.431. The molecule has 0 saturated heterocycles. The molecule has 4 rings (SSSR count). The molecule has 3 aromatic carbocycles. The number of non-ortho nitro benzene ring substituents is 1. The minimum Gasteiger partial charge on any atom is -0.288 e. The molecule has 0 amide bonds. The van der Waals surface area contributed by atoms with E-state index in [2.05, 4.69) is 0 Å². The van der Waals surface area contributed by atoms with Gasteiger partial charge in [-0.15, -0.1) is 0 Å². The lowest BCUT2D eigenvalue weighted by molar-refractivity contribution is -0.384. The standard InChI is InChI=1S/C21H13NO3S/c23-20-18-9-5-4-8-17(18)19(14-6-2-1-3-7-14)21(20)26-16-12-10-15(11-13-16)22(24)25/h1-13H. The number of hydrogen-bond donors (Lipinski definition) is 0. The van der Waals surface area contributed by atoms with Crippen LogP contribution in [0.15, 0.2) is 88.7 Å². The highest BCUT2D eigenvalue weighted by molar-refractivity contribution is 8.04. The van der Waals surface area contributed by atoms with Crippen LogP contribution in [0, 0.1) is 10.1 Å². The Balaban J connectivity index is 1.81. The topological polar surface area (TPSA) is 60.2 Å². The maximum Gasteiger partial charge on any atom is 0.269 e. The van der Waals surface area contributed by atoms with Crippen molar-refractivity contribution in [3.63, 3.8) is 0 Å². The fourth-order valence-corrected chi connectivity index (χ4v) is 4.04. The Morgan fingerprint density at radius 3 is 2.04 bits per heavy atom. The molecule has 0 N–H and O–H groups in total. The zero-order chi connectivity index (χ0) is 18.1. The Labute approximate surface area is 154 Å². The van der Waals surface area contributed by atoms with Crippen LogP contribution in [-0.2, 0) is 0 Å². The van der Waals surface area contributed by atoms with Crippen molar-refractivity contribution in [1.82, 2.24) is 0 Å². The lowest BCUT2D eigenvalue weighted by atomic mass is 9.99. The Bertz CT molecular complexity index is 1040. The number of fused-ring (bicyclic) bond motifs is 1. The van der Waals surface area contributed by atoms with E-state index in [-0.39, 0.29) is 11.5 Å². The molecular weight excluding hydrogens is 346 g/mol. The molecule has 1 aliphatic carbocycles. The highest BCUT2D eigenvalue weighted by Crippen LogP contribution is 2.44. The molecule has 0 aliphatic heterocycles. The average Bonchev–Trinajstić information content (AvgIpc) is 2.95. The highest BCUT2D eigenvalue weighted by atomic mass is 32.2. The minimum absolute atomic E-state index is 0.0113. The molecule has 0 heterocycles. The van der Waals surface area contributed by atoms with Crippen LogP contribution in [0.25, 0.3) is 5.57 Å². The number of rotatable bonds is 4. The fraction of sp³-hybridized carbons (Fsp3) is 0. The molecule has 0 radical (unpaired) electrons. The van der Waals surface area contributed by atoms with Gasteiger partial charge in [0.15, 0.2) is 0 Å². The number of hydrogen-bond acceptors (Lipinski definition) is 4. The van der Waals surface area contributed by atoms with E-state index in [0.29, 0.717) is 10.5 Å². The summed E-state index contributed by atoms with van der Waals surface area (Å²) in [7, 11) is 0. The van der Waals surface area contributed by atoms with Crippen LogP contribution in [-0.4, -0.2) is 10.7 Å². The number of nitrogens with zero attached hydrogens (tertiary/aromatic N) is 1. The number of carbonyl (C=O) groups excluding carboxylic acids is 1. The number of thioether (sulfide) groups is 1. The fourth-order valence-electron chi connectivity index (χ4n) is 3.00. The Kier molecular flexibility index (Phi) is 4.14. The van der Waals surface area contributed by atoms with Crippen molar-refractivity contribution < 1.29 is 9.72 Å². The first-order chi connectivity index (χ1) is 12.6. The van der Waals surface area contributed by atoms with Crippen LogP contribution in [0.4, 0.5) is 5.69 Å². The molecule has 1 aliphatic rings. The van der Waals surface area contributed by atoms with Gasteiger partial charge in [-0.1, -0.05) is 66.4 Å². The van der Waals surface area contributed by atoms with Crippen molar-refractivity contribution in [2.75, 3.05) is 0 Å².